The van der Waals surface area contributed by atoms with Gasteiger partial charge in [-0.25, -0.2) is 4.98 Å². The van der Waals surface area contributed by atoms with Gasteiger partial charge in [-0.1, -0.05) is 12.8 Å². The summed E-state index contributed by atoms with van der Waals surface area (Å²) in [5.41, 5.74) is 6.20. The van der Waals surface area contributed by atoms with E-state index in [0.29, 0.717) is 6.54 Å². The first-order chi connectivity index (χ1) is 10.7. The van der Waals surface area contributed by atoms with Crippen molar-refractivity contribution in [3.8, 4) is 0 Å². The number of halogens is 2. The largest absolute Gasteiger partial charge is 0.378 e. The summed E-state index contributed by atoms with van der Waals surface area (Å²) in [6.45, 7) is 3.60. The fraction of sp³-hybridized carbons (Fsp3) is 0.625. The summed E-state index contributed by atoms with van der Waals surface area (Å²) in [5, 5.41) is 2.98. The van der Waals surface area contributed by atoms with Crippen LogP contribution in [0.25, 0.3) is 0 Å². The average Bonchev–Trinajstić information content (AvgIpc) is 3.07. The number of ether oxygens (including phenoxy) is 1. The molecule has 2 heterocycles. The molecule has 1 amide bonds. The van der Waals surface area contributed by atoms with Crippen LogP contribution in [0.15, 0.2) is 18.3 Å². The van der Waals surface area contributed by atoms with Gasteiger partial charge in [0.25, 0.3) is 0 Å². The highest BCUT2D eigenvalue weighted by atomic mass is 35.5. The van der Waals surface area contributed by atoms with Crippen LogP contribution in [0.3, 0.4) is 0 Å². The molecule has 6 nitrogen and oxygen atoms in total. The van der Waals surface area contributed by atoms with Crippen LogP contribution in [0.2, 0.25) is 0 Å². The van der Waals surface area contributed by atoms with Crippen LogP contribution in [-0.2, 0) is 9.53 Å². The second-order valence-corrected chi connectivity index (χ2v) is 6.15. The number of carbonyl (C=O) groups is 1. The van der Waals surface area contributed by atoms with E-state index >= 15 is 0 Å². The van der Waals surface area contributed by atoms with E-state index in [9.17, 15) is 4.79 Å². The van der Waals surface area contributed by atoms with Crippen molar-refractivity contribution in [2.75, 3.05) is 43.1 Å². The molecule has 2 aliphatic rings. The van der Waals surface area contributed by atoms with Crippen molar-refractivity contribution < 1.29 is 9.53 Å². The predicted octanol–water partition coefficient (Wildman–Crippen LogP) is 2.22. The van der Waals surface area contributed by atoms with E-state index in [2.05, 4.69) is 15.2 Å². The molecule has 0 unspecified atom stereocenters. The molecule has 0 aromatic carbocycles. The zero-order chi connectivity index (χ0) is 15.4. The maximum Gasteiger partial charge on any atom is 0.231 e. The number of anilines is 2. The minimum Gasteiger partial charge on any atom is -0.378 e. The number of nitrogens with two attached hydrogens (primary N) is 1. The van der Waals surface area contributed by atoms with Crippen molar-refractivity contribution in [2.45, 2.75) is 25.7 Å². The quantitative estimate of drug-likeness (QED) is 0.841. The molecule has 0 atom stereocenters. The third kappa shape index (κ3) is 4.51. The van der Waals surface area contributed by atoms with Gasteiger partial charge >= 0.3 is 0 Å². The van der Waals surface area contributed by atoms with Gasteiger partial charge in [0.15, 0.2) is 0 Å². The summed E-state index contributed by atoms with van der Waals surface area (Å²) in [6.07, 6.45) is 5.66. The van der Waals surface area contributed by atoms with Crippen LogP contribution in [0, 0.1) is 5.41 Å². The van der Waals surface area contributed by atoms with Crippen LogP contribution in [0.1, 0.15) is 25.7 Å². The van der Waals surface area contributed by atoms with Crippen molar-refractivity contribution in [1.29, 1.82) is 0 Å². The molecule has 2 fully saturated rings. The molecule has 1 saturated heterocycles. The lowest BCUT2D eigenvalue weighted by Crippen LogP contribution is -2.40. The molecule has 1 aliphatic carbocycles. The Hall–Kier alpha value is -1.08. The van der Waals surface area contributed by atoms with E-state index in [-0.39, 0.29) is 36.1 Å². The van der Waals surface area contributed by atoms with Gasteiger partial charge in [0, 0.05) is 19.6 Å². The topological polar surface area (TPSA) is 80.5 Å². The lowest BCUT2D eigenvalue weighted by atomic mass is 9.85. The Bertz CT molecular complexity index is 515. The van der Waals surface area contributed by atoms with Crippen molar-refractivity contribution in [1.82, 2.24) is 4.98 Å². The number of carbonyl (C=O) groups excluding carboxylic acids is 1. The van der Waals surface area contributed by atoms with Crippen molar-refractivity contribution in [2.24, 2.45) is 11.1 Å². The fourth-order valence-corrected chi connectivity index (χ4v) is 3.28. The molecule has 136 valence electrons. The predicted molar refractivity (Wildman–Crippen MR) is 100 cm³/mol. The molecule has 0 radical (unpaired) electrons. The number of hydrogen-bond donors (Lipinski definition) is 2. The normalized spacial score (nSPS) is 19.1. The zero-order valence-electron chi connectivity index (χ0n) is 13.7. The Morgan fingerprint density at radius 3 is 2.46 bits per heavy atom. The summed E-state index contributed by atoms with van der Waals surface area (Å²) in [4.78, 5) is 19.2. The van der Waals surface area contributed by atoms with Crippen molar-refractivity contribution in [3.63, 3.8) is 0 Å². The molecule has 0 spiro atoms. The monoisotopic (exact) mass is 376 g/mol. The number of nitrogens with one attached hydrogen (secondary N) is 1. The minimum absolute atomic E-state index is 0. The van der Waals surface area contributed by atoms with Gasteiger partial charge in [0.05, 0.1) is 30.5 Å². The second kappa shape index (κ2) is 9.42. The Morgan fingerprint density at radius 1 is 1.25 bits per heavy atom. The minimum atomic E-state index is -0.386. The highest BCUT2D eigenvalue weighted by molar-refractivity contribution is 5.95. The number of rotatable bonds is 4. The molecule has 8 heteroatoms. The maximum absolute atomic E-state index is 12.5. The van der Waals surface area contributed by atoms with Crippen LogP contribution in [-0.4, -0.2) is 43.7 Å². The lowest BCUT2D eigenvalue weighted by Gasteiger charge is -2.28. The number of morpholine rings is 1. The van der Waals surface area contributed by atoms with E-state index in [1.165, 1.54) is 0 Å². The average molecular weight is 377 g/mol. The Labute approximate surface area is 155 Å². The number of amides is 1. The molecule has 3 rings (SSSR count). The van der Waals surface area contributed by atoms with Gasteiger partial charge < -0.3 is 20.7 Å². The van der Waals surface area contributed by atoms with Gasteiger partial charge in [-0.2, -0.15) is 0 Å². The van der Waals surface area contributed by atoms with Gasteiger partial charge in [0.2, 0.25) is 5.91 Å². The first-order valence-electron chi connectivity index (χ1n) is 8.04. The summed E-state index contributed by atoms with van der Waals surface area (Å²) in [7, 11) is 0. The number of pyridine rings is 1. The Morgan fingerprint density at radius 2 is 1.92 bits per heavy atom. The number of nitrogens with zero attached hydrogens (tertiary/aromatic N) is 2. The number of hydrogen-bond acceptors (Lipinski definition) is 5. The van der Waals surface area contributed by atoms with Crippen LogP contribution in [0.5, 0.6) is 0 Å². The number of aromatic nitrogens is 1. The molecular weight excluding hydrogens is 351 g/mol. The third-order valence-electron chi connectivity index (χ3n) is 4.77. The van der Waals surface area contributed by atoms with Crippen molar-refractivity contribution >= 4 is 42.2 Å². The maximum atomic E-state index is 12.5. The first kappa shape index (κ1) is 21.0. The van der Waals surface area contributed by atoms with E-state index in [1.54, 1.807) is 6.20 Å². The first-order valence-corrected chi connectivity index (χ1v) is 8.04. The summed E-state index contributed by atoms with van der Waals surface area (Å²) < 4.78 is 5.34. The van der Waals surface area contributed by atoms with E-state index in [1.807, 2.05) is 12.1 Å². The molecular formula is C16H26Cl2N4O2. The summed E-state index contributed by atoms with van der Waals surface area (Å²) in [5.74, 6) is 0.962. The van der Waals surface area contributed by atoms with Crippen LogP contribution >= 0.6 is 24.8 Å². The Balaban J connectivity index is 0.00000144. The van der Waals surface area contributed by atoms with Gasteiger partial charge in [-0.3, -0.25) is 4.79 Å². The van der Waals surface area contributed by atoms with Gasteiger partial charge in [-0.05, 0) is 25.0 Å². The van der Waals surface area contributed by atoms with Crippen LogP contribution < -0.4 is 16.0 Å². The van der Waals surface area contributed by atoms with Gasteiger partial charge in [0.1, 0.15) is 5.82 Å². The SMILES string of the molecule is Cl.Cl.NCC1(C(=O)Nc2ccc(N3CCOCC3)nc2)CCCC1. The summed E-state index contributed by atoms with van der Waals surface area (Å²) in [6, 6.07) is 3.86. The van der Waals surface area contributed by atoms with Gasteiger partial charge in [-0.15, -0.1) is 24.8 Å². The molecule has 1 aromatic heterocycles. The van der Waals surface area contributed by atoms with E-state index in [0.717, 1.165) is 63.5 Å². The highest BCUT2D eigenvalue weighted by Crippen LogP contribution is 2.38. The summed E-state index contributed by atoms with van der Waals surface area (Å²) >= 11 is 0. The molecule has 0 bridgehead atoms. The molecule has 1 saturated carbocycles. The molecule has 1 aromatic rings. The second-order valence-electron chi connectivity index (χ2n) is 6.15. The lowest BCUT2D eigenvalue weighted by molar-refractivity contribution is -0.124. The van der Waals surface area contributed by atoms with E-state index in [4.69, 9.17) is 10.5 Å². The Kier molecular flexibility index (Phi) is 8.22. The van der Waals surface area contributed by atoms with E-state index < -0.39 is 0 Å². The van der Waals surface area contributed by atoms with Crippen LogP contribution in [0.4, 0.5) is 11.5 Å². The fourth-order valence-electron chi connectivity index (χ4n) is 3.28. The van der Waals surface area contributed by atoms with Crippen molar-refractivity contribution in [3.05, 3.63) is 18.3 Å². The highest BCUT2D eigenvalue weighted by Gasteiger charge is 2.39. The molecule has 3 N–H and O–H groups in total. The molecule has 24 heavy (non-hydrogen) atoms. The molecule has 1 aliphatic heterocycles. The zero-order valence-corrected chi connectivity index (χ0v) is 15.3. The standard InChI is InChI=1S/C16H24N4O2.2ClH/c17-12-16(5-1-2-6-16)15(21)19-13-3-4-14(18-11-13)20-7-9-22-10-8-20;;/h3-4,11H,1-2,5-10,12,17H2,(H,19,21);2*1H. The smallest absolute Gasteiger partial charge is 0.231 e. The third-order valence-corrected chi connectivity index (χ3v) is 4.77.